The maximum Gasteiger partial charge on any atom is 0.317 e. The average molecular weight is 182 g/mol. The molecule has 2 aliphatic carbocycles. The zero-order chi connectivity index (χ0) is 9.85. The highest BCUT2D eigenvalue weighted by molar-refractivity contribution is 6.08. The fraction of sp³-hybridized carbons (Fsp3) is 0.800. The van der Waals surface area contributed by atoms with E-state index in [1.165, 1.54) is 0 Å². The number of carbonyl (C=O) groups excluding carboxylic acids is 1. The molecule has 2 fully saturated rings. The quantitative estimate of drug-likeness (QED) is 0.625. The summed E-state index contributed by atoms with van der Waals surface area (Å²) in [5.74, 6) is -0.676. The van der Waals surface area contributed by atoms with Crippen LogP contribution in [0.4, 0.5) is 0 Å². The van der Waals surface area contributed by atoms with Crippen molar-refractivity contribution < 1.29 is 14.7 Å². The van der Waals surface area contributed by atoms with Crippen LogP contribution in [0, 0.1) is 16.7 Å². The molecule has 1 N–H and O–H groups in total. The Hall–Kier alpha value is -0.860. The lowest BCUT2D eigenvalue weighted by Gasteiger charge is -2.30. The van der Waals surface area contributed by atoms with Crippen molar-refractivity contribution >= 4 is 11.8 Å². The molecule has 13 heavy (non-hydrogen) atoms. The molecule has 0 heterocycles. The first kappa shape index (κ1) is 8.73. The summed E-state index contributed by atoms with van der Waals surface area (Å²) in [7, 11) is 0. The van der Waals surface area contributed by atoms with Gasteiger partial charge in [0.1, 0.15) is 5.41 Å². The Kier molecular flexibility index (Phi) is 1.44. The van der Waals surface area contributed by atoms with Gasteiger partial charge >= 0.3 is 5.97 Å². The van der Waals surface area contributed by atoms with Crippen LogP contribution in [0.3, 0.4) is 0 Å². The van der Waals surface area contributed by atoms with Crippen LogP contribution < -0.4 is 0 Å². The number of rotatable bonds is 1. The Labute approximate surface area is 77.1 Å². The molecular weight excluding hydrogens is 168 g/mol. The van der Waals surface area contributed by atoms with Crippen LogP contribution in [0.25, 0.3) is 0 Å². The summed E-state index contributed by atoms with van der Waals surface area (Å²) in [5.41, 5.74) is -1.43. The van der Waals surface area contributed by atoms with Crippen molar-refractivity contribution in [2.75, 3.05) is 0 Å². The van der Waals surface area contributed by atoms with Gasteiger partial charge in [0.15, 0.2) is 5.78 Å². The van der Waals surface area contributed by atoms with Gasteiger partial charge in [0.25, 0.3) is 0 Å². The number of carbonyl (C=O) groups is 2. The molecule has 0 aromatic carbocycles. The fourth-order valence-corrected chi connectivity index (χ4v) is 2.96. The monoisotopic (exact) mass is 182 g/mol. The smallest absolute Gasteiger partial charge is 0.317 e. The summed E-state index contributed by atoms with van der Waals surface area (Å²) in [6.45, 7) is 3.76. The average Bonchev–Trinajstić information content (AvgIpc) is 2.53. The van der Waals surface area contributed by atoms with Crippen LogP contribution in [0.5, 0.6) is 0 Å². The predicted octanol–water partition coefficient (Wildman–Crippen LogP) is 1.47. The van der Waals surface area contributed by atoms with Crippen molar-refractivity contribution in [1.29, 1.82) is 0 Å². The van der Waals surface area contributed by atoms with Crippen molar-refractivity contribution in [2.24, 2.45) is 16.7 Å². The Morgan fingerprint density at radius 3 is 2.46 bits per heavy atom. The normalized spacial score (nSPS) is 41.1. The lowest BCUT2D eigenvalue weighted by atomic mass is 9.71. The van der Waals surface area contributed by atoms with E-state index in [1.807, 2.05) is 13.8 Å². The van der Waals surface area contributed by atoms with Crippen molar-refractivity contribution in [3.8, 4) is 0 Å². The minimum Gasteiger partial charge on any atom is -0.480 e. The van der Waals surface area contributed by atoms with E-state index >= 15 is 0 Å². The van der Waals surface area contributed by atoms with E-state index in [0.717, 1.165) is 6.42 Å². The standard InChI is InChI=1S/C10H14O3/c1-9(2)6-3-4-10(5-6,7(9)11)8(12)13/h6H,3-5H2,1-2H3,(H,12,13)/t6-,10+/m1/s1. The van der Waals surface area contributed by atoms with Gasteiger partial charge in [-0.2, -0.15) is 0 Å². The topological polar surface area (TPSA) is 54.4 Å². The highest BCUT2D eigenvalue weighted by atomic mass is 16.4. The summed E-state index contributed by atoms with van der Waals surface area (Å²) in [4.78, 5) is 22.9. The highest BCUT2D eigenvalue weighted by Gasteiger charge is 2.65. The molecule has 2 aliphatic rings. The Morgan fingerprint density at radius 1 is 1.54 bits per heavy atom. The van der Waals surface area contributed by atoms with Crippen LogP contribution in [0.15, 0.2) is 0 Å². The molecule has 0 saturated heterocycles. The van der Waals surface area contributed by atoms with Crippen molar-refractivity contribution in [1.82, 2.24) is 0 Å². The molecule has 2 bridgehead atoms. The Bertz CT molecular complexity index is 293. The summed E-state index contributed by atoms with van der Waals surface area (Å²) < 4.78 is 0. The third kappa shape index (κ3) is 0.798. The van der Waals surface area contributed by atoms with Gasteiger partial charge in [-0.15, -0.1) is 0 Å². The third-order valence-electron chi connectivity index (χ3n) is 3.96. The van der Waals surface area contributed by atoms with Crippen molar-refractivity contribution in [3.63, 3.8) is 0 Å². The van der Waals surface area contributed by atoms with E-state index in [2.05, 4.69) is 0 Å². The van der Waals surface area contributed by atoms with Crippen LogP contribution in [0.2, 0.25) is 0 Å². The summed E-state index contributed by atoms with van der Waals surface area (Å²) >= 11 is 0. The van der Waals surface area contributed by atoms with Gasteiger partial charge in [0.2, 0.25) is 0 Å². The molecule has 0 spiro atoms. The number of aliphatic carboxylic acids is 1. The number of fused-ring (bicyclic) bond motifs is 2. The molecular formula is C10H14O3. The molecule has 0 aromatic heterocycles. The fourth-order valence-electron chi connectivity index (χ4n) is 2.96. The van der Waals surface area contributed by atoms with Crippen molar-refractivity contribution in [3.05, 3.63) is 0 Å². The van der Waals surface area contributed by atoms with Gasteiger partial charge in [-0.05, 0) is 25.2 Å². The van der Waals surface area contributed by atoms with E-state index in [-0.39, 0.29) is 11.7 Å². The third-order valence-corrected chi connectivity index (χ3v) is 3.96. The summed E-state index contributed by atoms with van der Waals surface area (Å²) in [6, 6.07) is 0. The maximum atomic E-state index is 11.9. The zero-order valence-corrected chi connectivity index (χ0v) is 7.96. The number of hydrogen-bond acceptors (Lipinski definition) is 2. The number of carboxylic acids is 1. The largest absolute Gasteiger partial charge is 0.480 e. The molecule has 0 unspecified atom stereocenters. The predicted molar refractivity (Wildman–Crippen MR) is 46.2 cm³/mol. The van der Waals surface area contributed by atoms with Gasteiger partial charge < -0.3 is 5.11 Å². The second kappa shape index (κ2) is 2.14. The number of Topliss-reactive ketones (excluding diaryl/α,β-unsaturated/α-hetero) is 1. The SMILES string of the molecule is CC1(C)C(=O)[C@]2(C(=O)O)CC[C@@H]1C2. The first-order valence-corrected chi connectivity index (χ1v) is 4.69. The van der Waals surface area contributed by atoms with E-state index in [4.69, 9.17) is 5.11 Å². The Morgan fingerprint density at radius 2 is 2.15 bits per heavy atom. The minimum atomic E-state index is -1.02. The molecule has 2 rings (SSSR count). The first-order valence-electron chi connectivity index (χ1n) is 4.69. The second-order valence-electron chi connectivity index (χ2n) is 4.88. The van der Waals surface area contributed by atoms with Crippen LogP contribution in [-0.2, 0) is 9.59 Å². The summed E-state index contributed by atoms with van der Waals surface area (Å²) in [6.07, 6.45) is 2.01. The molecule has 2 saturated carbocycles. The number of carboxylic acid groups (broad SMARTS) is 1. The van der Waals surface area contributed by atoms with Gasteiger partial charge in [0.05, 0.1) is 0 Å². The van der Waals surface area contributed by atoms with Gasteiger partial charge in [-0.1, -0.05) is 13.8 Å². The molecule has 0 amide bonds. The molecule has 72 valence electrons. The zero-order valence-electron chi connectivity index (χ0n) is 7.96. The molecule has 2 atom stereocenters. The molecule has 0 aromatic rings. The molecule has 3 heteroatoms. The second-order valence-corrected chi connectivity index (χ2v) is 4.88. The highest BCUT2D eigenvalue weighted by Crippen LogP contribution is 2.60. The maximum absolute atomic E-state index is 11.9. The van der Waals surface area contributed by atoms with Crippen LogP contribution in [0.1, 0.15) is 33.1 Å². The van der Waals surface area contributed by atoms with E-state index in [0.29, 0.717) is 12.8 Å². The van der Waals surface area contributed by atoms with E-state index in [1.54, 1.807) is 0 Å². The first-order chi connectivity index (χ1) is 5.91. The van der Waals surface area contributed by atoms with Crippen LogP contribution in [-0.4, -0.2) is 16.9 Å². The number of ketones is 1. The Balaban J connectivity index is 2.46. The summed E-state index contributed by atoms with van der Waals surface area (Å²) in [5, 5.41) is 9.07. The lowest BCUT2D eigenvalue weighted by Crippen LogP contribution is -2.41. The van der Waals surface area contributed by atoms with Gasteiger partial charge in [-0.25, -0.2) is 0 Å². The molecule has 0 aliphatic heterocycles. The van der Waals surface area contributed by atoms with E-state index < -0.39 is 16.8 Å². The van der Waals surface area contributed by atoms with Gasteiger partial charge in [-0.3, -0.25) is 9.59 Å². The minimum absolute atomic E-state index is 0.0521. The van der Waals surface area contributed by atoms with Crippen LogP contribution >= 0.6 is 0 Å². The molecule has 3 nitrogen and oxygen atoms in total. The van der Waals surface area contributed by atoms with E-state index in [9.17, 15) is 9.59 Å². The lowest BCUT2D eigenvalue weighted by molar-refractivity contribution is -0.156. The van der Waals surface area contributed by atoms with Gasteiger partial charge in [0, 0.05) is 5.41 Å². The van der Waals surface area contributed by atoms with Crippen molar-refractivity contribution in [2.45, 2.75) is 33.1 Å². The number of hydrogen-bond donors (Lipinski definition) is 1. The molecule has 0 radical (unpaired) electrons.